The van der Waals surface area contributed by atoms with Gasteiger partial charge in [-0.2, -0.15) is 0 Å². The van der Waals surface area contributed by atoms with Gasteiger partial charge in [0.25, 0.3) is 0 Å². The summed E-state index contributed by atoms with van der Waals surface area (Å²) in [4.78, 5) is 16.8. The van der Waals surface area contributed by atoms with Crippen molar-refractivity contribution in [2.45, 2.75) is 31.1 Å². The normalized spacial score (nSPS) is 22.1. The second-order valence-corrected chi connectivity index (χ2v) is 4.43. The predicted molar refractivity (Wildman–Crippen MR) is 41.7 cm³/mol. The molecule has 13 heavy (non-hydrogen) atoms. The predicted octanol–water partition coefficient (Wildman–Crippen LogP) is -2.41. The molecule has 0 aromatic carbocycles. The van der Waals surface area contributed by atoms with E-state index in [0.29, 0.717) is 0 Å². The highest BCUT2D eigenvalue weighted by atomic mass is 31.2. The monoisotopic (exact) mass is 216 g/mol. The van der Waals surface area contributed by atoms with E-state index in [1.165, 1.54) is 0 Å². The molecule has 0 aromatic heterocycles. The molecule has 0 bridgehead atoms. The van der Waals surface area contributed by atoms with Crippen LogP contribution in [0, 0.1) is 0 Å². The molecule has 0 aliphatic carbocycles. The van der Waals surface area contributed by atoms with Crippen molar-refractivity contribution in [3.63, 3.8) is 0 Å². The van der Waals surface area contributed by atoms with Crippen LogP contribution < -0.4 is 0 Å². The van der Waals surface area contributed by atoms with Crippen LogP contribution in [-0.4, -0.2) is 54.4 Å². The van der Waals surface area contributed by atoms with E-state index in [-0.39, 0.29) is 0 Å². The third kappa shape index (κ3) is 3.70. The zero-order chi connectivity index (χ0) is 10.8. The molecule has 0 saturated carbocycles. The standard InChI is InChI=1S/C5H13O7P/c1-2(6)3(7)4(8)5(9)13(10,11)12/h2-9H,1H3,(H2,10,11,12). The van der Waals surface area contributed by atoms with Gasteiger partial charge in [0.15, 0.2) is 5.85 Å². The molecule has 0 heterocycles. The van der Waals surface area contributed by atoms with Gasteiger partial charge in [-0.3, -0.25) is 4.57 Å². The molecule has 0 amide bonds. The summed E-state index contributed by atoms with van der Waals surface area (Å²) >= 11 is 0. The van der Waals surface area contributed by atoms with Gasteiger partial charge in [0, 0.05) is 0 Å². The van der Waals surface area contributed by atoms with Crippen LogP contribution in [0.25, 0.3) is 0 Å². The highest BCUT2D eigenvalue weighted by molar-refractivity contribution is 7.52. The minimum absolute atomic E-state index is 1.11. The Bertz CT molecular complexity index is 199. The minimum Gasteiger partial charge on any atom is -0.391 e. The lowest BCUT2D eigenvalue weighted by Gasteiger charge is -2.24. The van der Waals surface area contributed by atoms with E-state index in [9.17, 15) is 4.57 Å². The van der Waals surface area contributed by atoms with E-state index >= 15 is 0 Å². The van der Waals surface area contributed by atoms with Crippen molar-refractivity contribution in [2.24, 2.45) is 0 Å². The smallest absolute Gasteiger partial charge is 0.356 e. The van der Waals surface area contributed by atoms with Crippen molar-refractivity contribution in [3.05, 3.63) is 0 Å². The van der Waals surface area contributed by atoms with Gasteiger partial charge in [0.05, 0.1) is 6.10 Å². The Morgan fingerprint density at radius 2 is 1.38 bits per heavy atom. The number of hydrogen-bond acceptors (Lipinski definition) is 5. The molecule has 0 radical (unpaired) electrons. The Morgan fingerprint density at radius 1 is 1.00 bits per heavy atom. The second-order valence-electron chi connectivity index (χ2n) is 2.72. The van der Waals surface area contributed by atoms with E-state index in [2.05, 4.69) is 0 Å². The maximum atomic E-state index is 10.4. The molecule has 0 aromatic rings. The second kappa shape index (κ2) is 4.47. The van der Waals surface area contributed by atoms with Gasteiger partial charge in [-0.25, -0.2) is 0 Å². The molecule has 0 fully saturated rings. The summed E-state index contributed by atoms with van der Waals surface area (Å²) in [6.07, 6.45) is -5.28. The van der Waals surface area contributed by atoms with Gasteiger partial charge < -0.3 is 30.2 Å². The molecule has 0 saturated heterocycles. The number of hydrogen-bond donors (Lipinski definition) is 6. The van der Waals surface area contributed by atoms with Gasteiger partial charge in [-0.05, 0) is 6.92 Å². The van der Waals surface area contributed by atoms with Gasteiger partial charge >= 0.3 is 7.60 Å². The van der Waals surface area contributed by atoms with Gasteiger partial charge in [-0.15, -0.1) is 0 Å². The zero-order valence-electron chi connectivity index (χ0n) is 6.85. The van der Waals surface area contributed by atoms with E-state index in [0.717, 1.165) is 6.92 Å². The first-order valence-electron chi connectivity index (χ1n) is 3.45. The van der Waals surface area contributed by atoms with Gasteiger partial charge in [0.1, 0.15) is 12.2 Å². The lowest BCUT2D eigenvalue weighted by atomic mass is 10.1. The first-order chi connectivity index (χ1) is 5.68. The lowest BCUT2D eigenvalue weighted by Crippen LogP contribution is -2.43. The van der Waals surface area contributed by atoms with Crippen LogP contribution >= 0.6 is 7.60 Å². The van der Waals surface area contributed by atoms with E-state index in [1.54, 1.807) is 0 Å². The van der Waals surface area contributed by atoms with E-state index < -0.39 is 31.8 Å². The molecular formula is C5H13O7P. The van der Waals surface area contributed by atoms with Crippen molar-refractivity contribution < 1.29 is 34.8 Å². The molecule has 6 N–H and O–H groups in total. The number of aliphatic hydroxyl groups excluding tert-OH is 4. The molecular weight excluding hydrogens is 203 g/mol. The zero-order valence-corrected chi connectivity index (χ0v) is 7.74. The van der Waals surface area contributed by atoms with E-state index in [4.69, 9.17) is 30.2 Å². The number of rotatable bonds is 4. The van der Waals surface area contributed by atoms with Crippen LogP contribution in [0.3, 0.4) is 0 Å². The molecule has 4 atom stereocenters. The lowest BCUT2D eigenvalue weighted by molar-refractivity contribution is -0.0842. The summed E-state index contributed by atoms with van der Waals surface area (Å²) in [6, 6.07) is 0. The van der Waals surface area contributed by atoms with E-state index in [1.807, 2.05) is 0 Å². The molecule has 0 aliphatic rings. The Labute approximate surface area is 74.4 Å². The first kappa shape index (κ1) is 13.0. The fraction of sp³-hybridized carbons (Fsp3) is 1.00. The summed E-state index contributed by atoms with van der Waals surface area (Å²) in [6.45, 7) is 1.11. The van der Waals surface area contributed by atoms with Gasteiger partial charge in [0.2, 0.25) is 0 Å². The van der Waals surface area contributed by atoms with Crippen LogP contribution in [0.15, 0.2) is 0 Å². The quantitative estimate of drug-likeness (QED) is 0.287. The van der Waals surface area contributed by atoms with Crippen LogP contribution in [-0.2, 0) is 4.57 Å². The van der Waals surface area contributed by atoms with Crippen LogP contribution in [0.1, 0.15) is 6.92 Å². The van der Waals surface area contributed by atoms with Gasteiger partial charge in [-0.1, -0.05) is 0 Å². The van der Waals surface area contributed by atoms with Crippen molar-refractivity contribution in [3.8, 4) is 0 Å². The van der Waals surface area contributed by atoms with Crippen molar-refractivity contribution in [1.82, 2.24) is 0 Å². The molecule has 80 valence electrons. The summed E-state index contributed by atoms with van der Waals surface area (Å²) < 4.78 is 10.4. The average Bonchev–Trinajstić information content (AvgIpc) is 1.98. The Morgan fingerprint density at radius 3 is 1.62 bits per heavy atom. The summed E-state index contributed by atoms with van der Waals surface area (Å²) in [5.74, 6) is -2.39. The highest BCUT2D eigenvalue weighted by Gasteiger charge is 2.38. The topological polar surface area (TPSA) is 138 Å². The van der Waals surface area contributed by atoms with Crippen LogP contribution in [0.2, 0.25) is 0 Å². The largest absolute Gasteiger partial charge is 0.391 e. The Balaban J connectivity index is 4.43. The Kier molecular flexibility index (Phi) is 4.47. The van der Waals surface area contributed by atoms with Crippen molar-refractivity contribution in [2.75, 3.05) is 0 Å². The third-order valence-electron chi connectivity index (χ3n) is 1.49. The maximum Gasteiger partial charge on any atom is 0.356 e. The third-order valence-corrected chi connectivity index (χ3v) is 2.49. The summed E-state index contributed by atoms with van der Waals surface area (Å²) in [5.41, 5.74) is 0. The summed E-state index contributed by atoms with van der Waals surface area (Å²) in [7, 11) is -4.87. The number of aliphatic hydroxyl groups is 4. The first-order valence-corrected chi connectivity index (χ1v) is 5.13. The molecule has 0 aliphatic heterocycles. The van der Waals surface area contributed by atoms with Crippen molar-refractivity contribution >= 4 is 7.60 Å². The molecule has 8 heteroatoms. The fourth-order valence-corrected chi connectivity index (χ4v) is 1.23. The molecule has 0 rings (SSSR count). The molecule has 4 unspecified atom stereocenters. The van der Waals surface area contributed by atoms with Crippen LogP contribution in [0.5, 0.6) is 0 Å². The summed E-state index contributed by atoms with van der Waals surface area (Å²) in [5, 5.41) is 35.4. The van der Waals surface area contributed by atoms with Crippen LogP contribution in [0.4, 0.5) is 0 Å². The maximum absolute atomic E-state index is 10.4. The SMILES string of the molecule is CC(O)C(O)C(O)C(O)P(=O)(O)O. The highest BCUT2D eigenvalue weighted by Crippen LogP contribution is 2.41. The average molecular weight is 216 g/mol. The molecule has 0 spiro atoms. The Hall–Kier alpha value is -0.0100. The fourth-order valence-electron chi connectivity index (χ4n) is 0.661. The molecule has 7 nitrogen and oxygen atoms in total. The van der Waals surface area contributed by atoms with Crippen molar-refractivity contribution in [1.29, 1.82) is 0 Å². The minimum atomic E-state index is -4.87.